The minimum Gasteiger partial charge on any atom is -0.357 e. The van der Waals surface area contributed by atoms with Crippen LogP contribution in [0.5, 0.6) is 0 Å². The Labute approximate surface area is 144 Å². The molecule has 24 heavy (non-hydrogen) atoms. The van der Waals surface area contributed by atoms with Gasteiger partial charge in [0.15, 0.2) is 0 Å². The number of H-pyrrole nitrogens is 1. The lowest BCUT2D eigenvalue weighted by Crippen LogP contribution is -2.24. The molecule has 2 N–H and O–H groups in total. The average Bonchev–Trinajstić information content (AvgIpc) is 2.99. The van der Waals surface area contributed by atoms with Crippen LogP contribution in [-0.2, 0) is 13.0 Å². The van der Waals surface area contributed by atoms with Crippen molar-refractivity contribution in [2.45, 2.75) is 51.6 Å². The third-order valence-electron chi connectivity index (χ3n) is 5.29. The van der Waals surface area contributed by atoms with E-state index in [0.29, 0.717) is 12.0 Å². The van der Waals surface area contributed by atoms with Gasteiger partial charge < -0.3 is 10.3 Å². The van der Waals surface area contributed by atoms with Gasteiger partial charge in [0.1, 0.15) is 0 Å². The van der Waals surface area contributed by atoms with E-state index in [2.05, 4.69) is 72.7 Å². The van der Waals surface area contributed by atoms with Crippen molar-refractivity contribution in [3.8, 4) is 0 Å². The van der Waals surface area contributed by atoms with E-state index in [1.165, 1.54) is 52.5 Å². The molecule has 124 valence electrons. The third kappa shape index (κ3) is 2.87. The molecule has 0 aliphatic heterocycles. The van der Waals surface area contributed by atoms with Crippen molar-refractivity contribution in [1.82, 2.24) is 10.3 Å². The van der Waals surface area contributed by atoms with Crippen molar-refractivity contribution < 1.29 is 0 Å². The lowest BCUT2D eigenvalue weighted by atomic mass is 9.90. The number of benzene rings is 2. The summed E-state index contributed by atoms with van der Waals surface area (Å²) in [5.41, 5.74) is 7.02. The minimum atomic E-state index is 0.434. The molecular weight excluding hydrogens is 292 g/mol. The van der Waals surface area contributed by atoms with Crippen LogP contribution in [0.1, 0.15) is 61.0 Å². The highest BCUT2D eigenvalue weighted by atomic mass is 14.9. The molecule has 2 aromatic carbocycles. The summed E-state index contributed by atoms with van der Waals surface area (Å²) in [5, 5.41) is 5.19. The lowest BCUT2D eigenvalue weighted by molar-refractivity contribution is 0.452. The van der Waals surface area contributed by atoms with Crippen LogP contribution in [0.15, 0.2) is 48.5 Å². The Hall–Kier alpha value is -2.06. The predicted molar refractivity (Wildman–Crippen MR) is 101 cm³/mol. The van der Waals surface area contributed by atoms with Gasteiger partial charge in [-0.2, -0.15) is 0 Å². The second-order valence-electron chi connectivity index (χ2n) is 7.29. The van der Waals surface area contributed by atoms with Gasteiger partial charge in [-0.1, -0.05) is 50.2 Å². The molecule has 1 atom stereocenters. The van der Waals surface area contributed by atoms with E-state index in [9.17, 15) is 0 Å². The molecule has 1 aliphatic rings. The number of rotatable bonds is 4. The van der Waals surface area contributed by atoms with Crippen molar-refractivity contribution in [3.05, 3.63) is 70.9 Å². The van der Waals surface area contributed by atoms with Gasteiger partial charge in [-0.05, 0) is 54.0 Å². The number of nitrogens with one attached hydrogen (secondary N) is 2. The van der Waals surface area contributed by atoms with Crippen LogP contribution in [0.4, 0.5) is 0 Å². The molecule has 3 aromatic rings. The Balaban J connectivity index is 1.63. The number of hydrogen-bond donors (Lipinski definition) is 2. The lowest BCUT2D eigenvalue weighted by Gasteiger charge is -2.24. The molecular formula is C22H26N2. The van der Waals surface area contributed by atoms with Crippen LogP contribution in [-0.4, -0.2) is 4.98 Å². The number of aryl methyl sites for hydroxylation is 1. The van der Waals surface area contributed by atoms with E-state index in [1.807, 2.05) is 0 Å². The molecule has 1 heterocycles. The van der Waals surface area contributed by atoms with Crippen LogP contribution >= 0.6 is 0 Å². The molecule has 0 bridgehead atoms. The van der Waals surface area contributed by atoms with Crippen LogP contribution < -0.4 is 5.32 Å². The zero-order valence-electron chi connectivity index (χ0n) is 14.6. The maximum atomic E-state index is 3.76. The first kappa shape index (κ1) is 15.5. The predicted octanol–water partition coefficient (Wildman–Crippen LogP) is 5.46. The Kier molecular flexibility index (Phi) is 4.15. The third-order valence-corrected chi connectivity index (χ3v) is 5.29. The number of aromatic nitrogens is 1. The van der Waals surface area contributed by atoms with Gasteiger partial charge in [0.2, 0.25) is 0 Å². The number of fused-ring (bicyclic) bond motifs is 3. The molecule has 2 heteroatoms. The van der Waals surface area contributed by atoms with Gasteiger partial charge in [0.25, 0.3) is 0 Å². The molecule has 0 fully saturated rings. The van der Waals surface area contributed by atoms with Gasteiger partial charge >= 0.3 is 0 Å². The Morgan fingerprint density at radius 1 is 1.12 bits per heavy atom. The first-order valence-corrected chi connectivity index (χ1v) is 9.14. The molecule has 0 radical (unpaired) electrons. The first-order valence-electron chi connectivity index (χ1n) is 9.14. The summed E-state index contributed by atoms with van der Waals surface area (Å²) >= 11 is 0. The Morgan fingerprint density at radius 2 is 1.96 bits per heavy atom. The first-order chi connectivity index (χ1) is 11.7. The number of aromatic amines is 1. The van der Waals surface area contributed by atoms with E-state index in [-0.39, 0.29) is 0 Å². The summed E-state index contributed by atoms with van der Waals surface area (Å²) in [7, 11) is 0. The highest BCUT2D eigenvalue weighted by Gasteiger charge is 2.24. The summed E-state index contributed by atoms with van der Waals surface area (Å²) in [6.07, 6.45) is 3.67. The second-order valence-corrected chi connectivity index (χ2v) is 7.29. The van der Waals surface area contributed by atoms with Crippen molar-refractivity contribution in [3.63, 3.8) is 0 Å². The van der Waals surface area contributed by atoms with Gasteiger partial charge in [-0.25, -0.2) is 0 Å². The zero-order valence-corrected chi connectivity index (χ0v) is 14.6. The number of hydrogen-bond acceptors (Lipinski definition) is 1. The largest absolute Gasteiger partial charge is 0.357 e. The van der Waals surface area contributed by atoms with Gasteiger partial charge in [0, 0.05) is 29.2 Å². The van der Waals surface area contributed by atoms with Crippen molar-refractivity contribution in [1.29, 1.82) is 0 Å². The fourth-order valence-corrected chi connectivity index (χ4v) is 3.88. The standard InChI is InChI=1S/C22H26N2/c1-15(2)17-11-12-20-19(13-17)18-9-6-10-21(22(18)24-20)23-14-16-7-4-3-5-8-16/h3-5,7-8,11-13,15,21,23-24H,6,9-10,14H2,1-2H3. The Bertz CT molecular complexity index is 830. The maximum absolute atomic E-state index is 3.76. The van der Waals surface area contributed by atoms with Crippen LogP contribution in [0.25, 0.3) is 10.9 Å². The monoisotopic (exact) mass is 318 g/mol. The summed E-state index contributed by atoms with van der Waals surface area (Å²) in [6, 6.07) is 18.0. The molecule has 1 aliphatic carbocycles. The SMILES string of the molecule is CC(C)c1ccc2[nH]c3c(c2c1)CCCC3NCc1ccccc1. The van der Waals surface area contributed by atoms with Crippen LogP contribution in [0, 0.1) is 0 Å². The van der Waals surface area contributed by atoms with Crippen molar-refractivity contribution in [2.24, 2.45) is 0 Å². The van der Waals surface area contributed by atoms with Crippen molar-refractivity contribution in [2.75, 3.05) is 0 Å². The van der Waals surface area contributed by atoms with Crippen molar-refractivity contribution >= 4 is 10.9 Å². The smallest absolute Gasteiger partial charge is 0.0478 e. The quantitative estimate of drug-likeness (QED) is 0.657. The van der Waals surface area contributed by atoms with E-state index < -0.39 is 0 Å². The molecule has 0 saturated carbocycles. The molecule has 0 saturated heterocycles. The van der Waals surface area contributed by atoms with Gasteiger partial charge in [0.05, 0.1) is 0 Å². The topological polar surface area (TPSA) is 27.8 Å². The maximum Gasteiger partial charge on any atom is 0.0478 e. The summed E-state index contributed by atoms with van der Waals surface area (Å²) in [6.45, 7) is 5.46. The zero-order chi connectivity index (χ0) is 16.5. The molecule has 2 nitrogen and oxygen atoms in total. The fraction of sp³-hybridized carbons (Fsp3) is 0.364. The van der Waals surface area contributed by atoms with Gasteiger partial charge in [-0.3, -0.25) is 0 Å². The van der Waals surface area contributed by atoms with Crippen LogP contribution in [0.2, 0.25) is 0 Å². The van der Waals surface area contributed by atoms with Gasteiger partial charge in [-0.15, -0.1) is 0 Å². The van der Waals surface area contributed by atoms with E-state index in [0.717, 1.165) is 6.54 Å². The highest BCUT2D eigenvalue weighted by molar-refractivity contribution is 5.86. The highest BCUT2D eigenvalue weighted by Crippen LogP contribution is 2.36. The summed E-state index contributed by atoms with van der Waals surface area (Å²) in [5.74, 6) is 0.579. The normalized spacial score (nSPS) is 17.4. The van der Waals surface area contributed by atoms with E-state index >= 15 is 0 Å². The van der Waals surface area contributed by atoms with E-state index in [4.69, 9.17) is 0 Å². The summed E-state index contributed by atoms with van der Waals surface area (Å²) in [4.78, 5) is 3.71. The molecule has 1 unspecified atom stereocenters. The van der Waals surface area contributed by atoms with Crippen LogP contribution in [0.3, 0.4) is 0 Å². The average molecular weight is 318 g/mol. The fourth-order valence-electron chi connectivity index (χ4n) is 3.88. The molecule has 0 spiro atoms. The minimum absolute atomic E-state index is 0.434. The van der Waals surface area contributed by atoms with E-state index in [1.54, 1.807) is 0 Å². The molecule has 0 amide bonds. The second kappa shape index (κ2) is 6.45. The Morgan fingerprint density at radius 3 is 2.75 bits per heavy atom. The molecule has 4 rings (SSSR count). The summed E-state index contributed by atoms with van der Waals surface area (Å²) < 4.78 is 0. The molecule has 1 aromatic heterocycles.